The molecule has 2 N–H and O–H groups in total. The van der Waals surface area contributed by atoms with Crippen molar-refractivity contribution in [3.05, 3.63) is 40.9 Å². The fourth-order valence-electron chi connectivity index (χ4n) is 1.44. The van der Waals surface area contributed by atoms with Crippen molar-refractivity contribution >= 4 is 15.9 Å². The number of ether oxygens (including phenoxy) is 1. The predicted molar refractivity (Wildman–Crippen MR) is 67.1 cm³/mol. The largest absolute Gasteiger partial charge is 0.496 e. The Morgan fingerprint density at radius 2 is 2.33 bits per heavy atom. The van der Waals surface area contributed by atoms with Gasteiger partial charge in [-0.1, -0.05) is 28.1 Å². The lowest BCUT2D eigenvalue weighted by atomic mass is 10.0. The van der Waals surface area contributed by atoms with Crippen molar-refractivity contribution in [1.29, 1.82) is 0 Å². The van der Waals surface area contributed by atoms with Crippen LogP contribution >= 0.6 is 15.9 Å². The van der Waals surface area contributed by atoms with Crippen LogP contribution in [-0.2, 0) is 0 Å². The van der Waals surface area contributed by atoms with Crippen LogP contribution < -0.4 is 10.5 Å². The zero-order chi connectivity index (χ0) is 11.3. The normalized spacial score (nSPS) is 12.2. The van der Waals surface area contributed by atoms with Crippen LogP contribution in [0.5, 0.6) is 5.75 Å². The van der Waals surface area contributed by atoms with E-state index in [1.54, 1.807) is 7.11 Å². The molecule has 1 atom stereocenters. The molecule has 0 bridgehead atoms. The van der Waals surface area contributed by atoms with E-state index in [0.29, 0.717) is 0 Å². The van der Waals surface area contributed by atoms with Crippen molar-refractivity contribution < 1.29 is 4.74 Å². The molecule has 0 radical (unpaired) electrons. The van der Waals surface area contributed by atoms with E-state index in [0.717, 1.165) is 28.6 Å². The van der Waals surface area contributed by atoms with Gasteiger partial charge in [0, 0.05) is 16.1 Å². The molecular weight excluding hydrogens is 254 g/mol. The van der Waals surface area contributed by atoms with Gasteiger partial charge in [0.2, 0.25) is 0 Å². The van der Waals surface area contributed by atoms with Crippen molar-refractivity contribution in [3.8, 4) is 5.75 Å². The van der Waals surface area contributed by atoms with Crippen LogP contribution in [-0.4, -0.2) is 7.11 Å². The minimum atomic E-state index is 0.00560. The topological polar surface area (TPSA) is 35.2 Å². The van der Waals surface area contributed by atoms with Gasteiger partial charge in [-0.05, 0) is 25.0 Å². The highest BCUT2D eigenvalue weighted by Gasteiger charge is 2.11. The monoisotopic (exact) mass is 269 g/mol. The van der Waals surface area contributed by atoms with Crippen LogP contribution in [0.3, 0.4) is 0 Å². The third-order valence-electron chi connectivity index (χ3n) is 2.28. The van der Waals surface area contributed by atoms with E-state index in [1.165, 1.54) is 0 Å². The minimum absolute atomic E-state index is 0.00560. The smallest absolute Gasteiger partial charge is 0.124 e. The number of rotatable bonds is 5. The third kappa shape index (κ3) is 3.36. The summed E-state index contributed by atoms with van der Waals surface area (Å²) in [6, 6.07) is 5.91. The van der Waals surface area contributed by atoms with Gasteiger partial charge in [-0.15, -0.1) is 6.58 Å². The molecule has 0 unspecified atom stereocenters. The minimum Gasteiger partial charge on any atom is -0.496 e. The van der Waals surface area contributed by atoms with E-state index < -0.39 is 0 Å². The molecule has 0 aliphatic heterocycles. The highest BCUT2D eigenvalue weighted by Crippen LogP contribution is 2.29. The van der Waals surface area contributed by atoms with Crippen LogP contribution in [0.15, 0.2) is 35.3 Å². The van der Waals surface area contributed by atoms with Crippen molar-refractivity contribution in [1.82, 2.24) is 0 Å². The number of nitrogens with two attached hydrogens (primary N) is 1. The second-order valence-corrected chi connectivity index (χ2v) is 4.27. The Kier molecular flexibility index (Phi) is 4.85. The van der Waals surface area contributed by atoms with Crippen molar-refractivity contribution in [2.45, 2.75) is 18.9 Å². The van der Waals surface area contributed by atoms with Gasteiger partial charge in [0.05, 0.1) is 7.11 Å². The van der Waals surface area contributed by atoms with Gasteiger partial charge >= 0.3 is 0 Å². The van der Waals surface area contributed by atoms with Crippen molar-refractivity contribution in [2.75, 3.05) is 7.11 Å². The summed E-state index contributed by atoms with van der Waals surface area (Å²) in [4.78, 5) is 0. The molecule has 0 aliphatic carbocycles. The molecule has 0 aromatic heterocycles. The highest BCUT2D eigenvalue weighted by molar-refractivity contribution is 9.10. The predicted octanol–water partition coefficient (Wildman–Crippen LogP) is 3.42. The molecule has 0 saturated heterocycles. The van der Waals surface area contributed by atoms with Crippen LogP contribution in [0.4, 0.5) is 0 Å². The van der Waals surface area contributed by atoms with E-state index in [1.807, 2.05) is 24.3 Å². The summed E-state index contributed by atoms with van der Waals surface area (Å²) in [5, 5.41) is 0. The molecule has 0 heterocycles. The van der Waals surface area contributed by atoms with Crippen molar-refractivity contribution in [2.24, 2.45) is 5.73 Å². The summed E-state index contributed by atoms with van der Waals surface area (Å²) in [7, 11) is 1.66. The average molecular weight is 270 g/mol. The zero-order valence-electron chi connectivity index (χ0n) is 8.87. The van der Waals surface area contributed by atoms with Crippen LogP contribution in [0.2, 0.25) is 0 Å². The molecule has 0 fully saturated rings. The zero-order valence-corrected chi connectivity index (χ0v) is 10.5. The Labute approximate surface area is 99.3 Å². The number of hydrogen-bond acceptors (Lipinski definition) is 2. The molecule has 1 aromatic carbocycles. The number of hydrogen-bond donors (Lipinski definition) is 1. The Morgan fingerprint density at radius 1 is 1.60 bits per heavy atom. The van der Waals surface area contributed by atoms with Gasteiger partial charge in [0.1, 0.15) is 5.75 Å². The van der Waals surface area contributed by atoms with Gasteiger partial charge in [0.15, 0.2) is 0 Å². The second kappa shape index (κ2) is 5.93. The fraction of sp³-hybridized carbons (Fsp3) is 0.333. The summed E-state index contributed by atoms with van der Waals surface area (Å²) in [6.45, 7) is 3.69. The summed E-state index contributed by atoms with van der Waals surface area (Å²) >= 11 is 3.40. The Hall–Kier alpha value is -0.800. The van der Waals surface area contributed by atoms with E-state index in [9.17, 15) is 0 Å². The number of halogens is 1. The maximum Gasteiger partial charge on any atom is 0.124 e. The number of benzene rings is 1. The molecule has 0 saturated carbocycles. The van der Waals surface area contributed by atoms with E-state index >= 15 is 0 Å². The maximum absolute atomic E-state index is 6.06. The molecule has 15 heavy (non-hydrogen) atoms. The SMILES string of the molecule is C=CCC[C@@H](N)c1ccc(Br)cc1OC. The van der Waals surface area contributed by atoms with Crippen LogP contribution in [0.1, 0.15) is 24.4 Å². The summed E-state index contributed by atoms with van der Waals surface area (Å²) < 4.78 is 6.29. The molecule has 0 spiro atoms. The first kappa shape index (κ1) is 12.3. The molecule has 1 aromatic rings. The first-order valence-corrected chi connectivity index (χ1v) is 5.68. The fourth-order valence-corrected chi connectivity index (χ4v) is 1.78. The first-order valence-electron chi connectivity index (χ1n) is 4.89. The molecule has 2 nitrogen and oxygen atoms in total. The average Bonchev–Trinajstić information content (AvgIpc) is 2.25. The quantitative estimate of drug-likeness (QED) is 0.832. The first-order chi connectivity index (χ1) is 7.19. The summed E-state index contributed by atoms with van der Waals surface area (Å²) in [5.41, 5.74) is 7.11. The lowest BCUT2D eigenvalue weighted by Gasteiger charge is -2.15. The lowest BCUT2D eigenvalue weighted by molar-refractivity contribution is 0.404. The highest BCUT2D eigenvalue weighted by atomic mass is 79.9. The third-order valence-corrected chi connectivity index (χ3v) is 2.77. The van der Waals surface area contributed by atoms with Gasteiger partial charge in [0.25, 0.3) is 0 Å². The number of allylic oxidation sites excluding steroid dienone is 1. The van der Waals surface area contributed by atoms with Crippen LogP contribution in [0, 0.1) is 0 Å². The Balaban J connectivity index is 2.86. The van der Waals surface area contributed by atoms with Gasteiger partial charge < -0.3 is 10.5 Å². The molecular formula is C12H16BrNO. The molecule has 0 aliphatic rings. The second-order valence-electron chi connectivity index (χ2n) is 3.36. The molecule has 82 valence electrons. The number of methoxy groups -OCH3 is 1. The lowest BCUT2D eigenvalue weighted by Crippen LogP contribution is -2.11. The Morgan fingerprint density at radius 3 is 2.93 bits per heavy atom. The standard InChI is InChI=1S/C12H16BrNO/c1-3-4-5-11(14)10-7-6-9(13)8-12(10)15-2/h3,6-8,11H,1,4-5,14H2,2H3/t11-/m1/s1. The van der Waals surface area contributed by atoms with Crippen LogP contribution in [0.25, 0.3) is 0 Å². The summed E-state index contributed by atoms with van der Waals surface area (Å²) in [6.07, 6.45) is 3.69. The molecule has 3 heteroatoms. The van der Waals surface area contributed by atoms with E-state index in [4.69, 9.17) is 10.5 Å². The molecule has 1 rings (SSSR count). The maximum atomic E-state index is 6.06. The van der Waals surface area contributed by atoms with Gasteiger partial charge in [-0.25, -0.2) is 0 Å². The van der Waals surface area contributed by atoms with E-state index in [-0.39, 0.29) is 6.04 Å². The van der Waals surface area contributed by atoms with Gasteiger partial charge in [-0.3, -0.25) is 0 Å². The van der Waals surface area contributed by atoms with Gasteiger partial charge in [-0.2, -0.15) is 0 Å². The Bertz CT molecular complexity index is 338. The summed E-state index contributed by atoms with van der Waals surface area (Å²) in [5.74, 6) is 0.834. The molecule has 0 amide bonds. The van der Waals surface area contributed by atoms with E-state index in [2.05, 4.69) is 22.5 Å². The van der Waals surface area contributed by atoms with Crippen molar-refractivity contribution in [3.63, 3.8) is 0 Å².